The van der Waals surface area contributed by atoms with Crippen molar-refractivity contribution in [1.82, 2.24) is 10.2 Å². The molecule has 0 aromatic heterocycles. The second-order valence-corrected chi connectivity index (χ2v) is 6.69. The molecule has 2 amide bonds. The van der Waals surface area contributed by atoms with Gasteiger partial charge < -0.3 is 15.0 Å². The van der Waals surface area contributed by atoms with Gasteiger partial charge in [0.2, 0.25) is 11.8 Å². The van der Waals surface area contributed by atoms with E-state index in [4.69, 9.17) is 4.74 Å². The van der Waals surface area contributed by atoms with Crippen molar-refractivity contribution in [1.29, 1.82) is 0 Å². The summed E-state index contributed by atoms with van der Waals surface area (Å²) in [5.41, 5.74) is 0. The molecular formula is C16H26N2O3. The second-order valence-electron chi connectivity index (χ2n) is 6.69. The van der Waals surface area contributed by atoms with E-state index in [1.165, 1.54) is 19.3 Å². The zero-order valence-corrected chi connectivity index (χ0v) is 12.8. The highest BCUT2D eigenvalue weighted by Gasteiger charge is 2.49. The first-order chi connectivity index (χ1) is 10.2. The molecule has 1 saturated heterocycles. The van der Waals surface area contributed by atoms with Crippen molar-refractivity contribution in [3.05, 3.63) is 0 Å². The standard InChI is InChI=1S/C16H26N2O3/c1-21-10-9-18-14(12-7-8-12)15(19)17-13(16(18)20)11-5-3-2-4-6-11/h11-14H,2-10H2,1H3,(H,17,19). The maximum atomic E-state index is 12.9. The lowest BCUT2D eigenvalue weighted by Crippen LogP contribution is -2.66. The highest BCUT2D eigenvalue weighted by molar-refractivity contribution is 5.97. The van der Waals surface area contributed by atoms with Gasteiger partial charge >= 0.3 is 0 Å². The molecule has 2 saturated carbocycles. The van der Waals surface area contributed by atoms with Gasteiger partial charge in [0.15, 0.2) is 0 Å². The van der Waals surface area contributed by atoms with Crippen molar-refractivity contribution in [2.75, 3.05) is 20.3 Å². The SMILES string of the molecule is COCCN1C(=O)C(C2CCCCC2)NC(=O)C1C1CC1. The van der Waals surface area contributed by atoms with Crippen LogP contribution in [0.3, 0.4) is 0 Å². The highest BCUT2D eigenvalue weighted by Crippen LogP contribution is 2.38. The Morgan fingerprint density at radius 2 is 1.81 bits per heavy atom. The van der Waals surface area contributed by atoms with Crippen LogP contribution in [0.15, 0.2) is 0 Å². The van der Waals surface area contributed by atoms with E-state index in [2.05, 4.69) is 5.32 Å². The van der Waals surface area contributed by atoms with E-state index in [1.807, 2.05) is 0 Å². The fourth-order valence-corrected chi connectivity index (χ4v) is 3.86. The van der Waals surface area contributed by atoms with Crippen LogP contribution < -0.4 is 5.32 Å². The summed E-state index contributed by atoms with van der Waals surface area (Å²) in [6.07, 6.45) is 7.84. The Hall–Kier alpha value is -1.10. The molecule has 1 N–H and O–H groups in total. The molecule has 0 bridgehead atoms. The van der Waals surface area contributed by atoms with Gasteiger partial charge in [-0.3, -0.25) is 9.59 Å². The van der Waals surface area contributed by atoms with Crippen LogP contribution >= 0.6 is 0 Å². The third kappa shape index (κ3) is 3.07. The largest absolute Gasteiger partial charge is 0.383 e. The normalized spacial score (nSPS) is 31.4. The van der Waals surface area contributed by atoms with Gasteiger partial charge in [-0.05, 0) is 37.5 Å². The van der Waals surface area contributed by atoms with E-state index in [-0.39, 0.29) is 23.9 Å². The van der Waals surface area contributed by atoms with Crippen molar-refractivity contribution >= 4 is 11.8 Å². The van der Waals surface area contributed by atoms with Crippen molar-refractivity contribution in [2.45, 2.75) is 57.0 Å². The molecule has 0 spiro atoms. The molecule has 0 radical (unpaired) electrons. The van der Waals surface area contributed by atoms with Crippen LogP contribution in [-0.2, 0) is 14.3 Å². The molecule has 2 aliphatic carbocycles. The maximum absolute atomic E-state index is 12.9. The first kappa shape index (κ1) is 14.8. The number of hydrogen-bond acceptors (Lipinski definition) is 3. The number of nitrogens with zero attached hydrogens (tertiary/aromatic N) is 1. The van der Waals surface area contributed by atoms with Crippen molar-refractivity contribution in [2.24, 2.45) is 11.8 Å². The third-order valence-electron chi connectivity index (χ3n) is 5.18. The van der Waals surface area contributed by atoms with E-state index < -0.39 is 0 Å². The molecule has 3 rings (SSSR count). The number of nitrogens with one attached hydrogen (secondary N) is 1. The van der Waals surface area contributed by atoms with Crippen molar-refractivity contribution in [3.63, 3.8) is 0 Å². The van der Waals surface area contributed by atoms with Gasteiger partial charge in [-0.25, -0.2) is 0 Å². The zero-order valence-electron chi connectivity index (χ0n) is 12.8. The van der Waals surface area contributed by atoms with Crippen LogP contribution in [0.1, 0.15) is 44.9 Å². The van der Waals surface area contributed by atoms with E-state index in [1.54, 1.807) is 12.0 Å². The summed E-state index contributed by atoms with van der Waals surface area (Å²) >= 11 is 0. The van der Waals surface area contributed by atoms with Gasteiger partial charge in [-0.15, -0.1) is 0 Å². The first-order valence-corrected chi connectivity index (χ1v) is 8.32. The second kappa shape index (κ2) is 6.34. The minimum absolute atomic E-state index is 0.0591. The molecule has 3 aliphatic rings. The van der Waals surface area contributed by atoms with Gasteiger partial charge in [0, 0.05) is 13.7 Å². The summed E-state index contributed by atoms with van der Waals surface area (Å²) < 4.78 is 5.13. The van der Waals surface area contributed by atoms with Gasteiger partial charge in [-0.2, -0.15) is 0 Å². The molecular weight excluding hydrogens is 268 g/mol. The van der Waals surface area contributed by atoms with Crippen LogP contribution in [0.25, 0.3) is 0 Å². The van der Waals surface area contributed by atoms with Gasteiger partial charge in [0.05, 0.1) is 6.61 Å². The number of carbonyl (C=O) groups is 2. The molecule has 2 atom stereocenters. The summed E-state index contributed by atoms with van der Waals surface area (Å²) in [5, 5.41) is 3.04. The highest BCUT2D eigenvalue weighted by atomic mass is 16.5. The van der Waals surface area contributed by atoms with Crippen LogP contribution in [0.4, 0.5) is 0 Å². The molecule has 118 valence electrons. The molecule has 21 heavy (non-hydrogen) atoms. The maximum Gasteiger partial charge on any atom is 0.246 e. The summed E-state index contributed by atoms with van der Waals surface area (Å²) in [4.78, 5) is 27.2. The number of methoxy groups -OCH3 is 1. The van der Waals surface area contributed by atoms with E-state index in [0.717, 1.165) is 25.7 Å². The summed E-state index contributed by atoms with van der Waals surface area (Å²) in [5.74, 6) is 0.859. The van der Waals surface area contributed by atoms with Gasteiger partial charge in [-0.1, -0.05) is 19.3 Å². The average Bonchev–Trinajstić information content (AvgIpc) is 3.33. The molecule has 1 aliphatic heterocycles. The van der Waals surface area contributed by atoms with E-state index >= 15 is 0 Å². The predicted molar refractivity (Wildman–Crippen MR) is 78.6 cm³/mol. The summed E-state index contributed by atoms with van der Waals surface area (Å²) in [7, 11) is 1.64. The fraction of sp³-hybridized carbons (Fsp3) is 0.875. The van der Waals surface area contributed by atoms with Gasteiger partial charge in [0.25, 0.3) is 0 Å². The quantitative estimate of drug-likeness (QED) is 0.832. The Morgan fingerprint density at radius 3 is 2.43 bits per heavy atom. The number of piperazine rings is 1. The van der Waals surface area contributed by atoms with E-state index in [0.29, 0.717) is 25.0 Å². The van der Waals surface area contributed by atoms with E-state index in [9.17, 15) is 9.59 Å². The average molecular weight is 294 g/mol. The predicted octanol–water partition coefficient (Wildman–Crippen LogP) is 1.32. The Kier molecular flexibility index (Phi) is 4.48. The lowest BCUT2D eigenvalue weighted by molar-refractivity contribution is -0.153. The lowest BCUT2D eigenvalue weighted by Gasteiger charge is -2.42. The number of carbonyl (C=O) groups excluding carboxylic acids is 2. The Morgan fingerprint density at radius 1 is 1.10 bits per heavy atom. The molecule has 2 unspecified atom stereocenters. The Labute approximate surface area is 126 Å². The van der Waals surface area contributed by atoms with Crippen LogP contribution in [0.5, 0.6) is 0 Å². The van der Waals surface area contributed by atoms with Gasteiger partial charge in [0.1, 0.15) is 12.1 Å². The summed E-state index contributed by atoms with van der Waals surface area (Å²) in [6.45, 7) is 1.03. The number of amides is 2. The third-order valence-corrected chi connectivity index (χ3v) is 5.18. The Bertz CT molecular complexity index is 402. The number of rotatable bonds is 5. The summed E-state index contributed by atoms with van der Waals surface area (Å²) in [6, 6.07) is -0.558. The molecule has 0 aromatic rings. The molecule has 0 aromatic carbocycles. The van der Waals surface area contributed by atoms with Crippen molar-refractivity contribution in [3.8, 4) is 0 Å². The number of hydrogen-bond donors (Lipinski definition) is 1. The minimum Gasteiger partial charge on any atom is -0.383 e. The first-order valence-electron chi connectivity index (χ1n) is 8.32. The van der Waals surface area contributed by atoms with Crippen LogP contribution in [0.2, 0.25) is 0 Å². The monoisotopic (exact) mass is 294 g/mol. The van der Waals surface area contributed by atoms with Crippen LogP contribution in [-0.4, -0.2) is 49.1 Å². The lowest BCUT2D eigenvalue weighted by atomic mass is 9.82. The minimum atomic E-state index is -0.301. The Balaban J connectivity index is 1.74. The van der Waals surface area contributed by atoms with Crippen LogP contribution in [0, 0.1) is 11.8 Å². The zero-order chi connectivity index (χ0) is 14.8. The number of ether oxygens (including phenoxy) is 1. The molecule has 5 nitrogen and oxygen atoms in total. The molecule has 1 heterocycles. The van der Waals surface area contributed by atoms with Crippen molar-refractivity contribution < 1.29 is 14.3 Å². The topological polar surface area (TPSA) is 58.6 Å². The molecule has 3 fully saturated rings. The molecule has 5 heteroatoms. The fourth-order valence-electron chi connectivity index (χ4n) is 3.86. The smallest absolute Gasteiger partial charge is 0.246 e.